The number of amides is 1. The number of hydrogen-bond acceptors (Lipinski definition) is 1. The third-order valence-electron chi connectivity index (χ3n) is 6.49. The van der Waals surface area contributed by atoms with Crippen molar-refractivity contribution >= 4 is 17.5 Å². The van der Waals surface area contributed by atoms with Crippen molar-refractivity contribution in [2.75, 3.05) is 5.88 Å². The van der Waals surface area contributed by atoms with Gasteiger partial charge in [0.1, 0.15) is 0 Å². The Morgan fingerprint density at radius 1 is 1.11 bits per heavy atom. The summed E-state index contributed by atoms with van der Waals surface area (Å²) in [6.07, 6.45) is 10.1. The summed E-state index contributed by atoms with van der Waals surface area (Å²) in [6, 6.07) is 0. The molecule has 2 bridgehead atoms. The molecule has 0 aromatic rings. The summed E-state index contributed by atoms with van der Waals surface area (Å²) >= 11 is 6.18. The van der Waals surface area contributed by atoms with Crippen molar-refractivity contribution in [3.63, 3.8) is 0 Å². The molecule has 2 nitrogen and oxygen atoms in total. The fraction of sp³-hybridized carbons (Fsp3) is 0.938. The fourth-order valence-electron chi connectivity index (χ4n) is 5.54. The van der Waals surface area contributed by atoms with Crippen molar-refractivity contribution in [3.05, 3.63) is 0 Å². The van der Waals surface area contributed by atoms with Crippen LogP contribution in [-0.4, -0.2) is 17.3 Å². The van der Waals surface area contributed by atoms with Crippen LogP contribution in [-0.2, 0) is 4.79 Å². The van der Waals surface area contributed by atoms with E-state index in [4.69, 9.17) is 11.6 Å². The van der Waals surface area contributed by atoms with Crippen molar-refractivity contribution in [3.8, 4) is 0 Å². The Balaban J connectivity index is 1.42. The molecule has 1 amide bonds. The highest BCUT2D eigenvalue weighted by Gasteiger charge is 2.67. The molecule has 4 atom stereocenters. The van der Waals surface area contributed by atoms with Gasteiger partial charge in [0.2, 0.25) is 5.91 Å². The number of halogens is 1. The molecule has 19 heavy (non-hydrogen) atoms. The molecule has 4 rings (SSSR count). The van der Waals surface area contributed by atoms with Crippen LogP contribution in [0.1, 0.15) is 51.4 Å². The molecule has 0 heterocycles. The third-order valence-corrected chi connectivity index (χ3v) is 7.00. The summed E-state index contributed by atoms with van der Waals surface area (Å²) in [7, 11) is 0. The third kappa shape index (κ3) is 1.86. The summed E-state index contributed by atoms with van der Waals surface area (Å²) in [5, 5.41) is 3.37. The quantitative estimate of drug-likeness (QED) is 0.790. The first-order valence-electron chi connectivity index (χ1n) is 8.12. The molecule has 0 spiro atoms. The van der Waals surface area contributed by atoms with Crippen LogP contribution >= 0.6 is 11.6 Å². The maximum atomic E-state index is 12.6. The Labute approximate surface area is 120 Å². The zero-order valence-electron chi connectivity index (χ0n) is 11.5. The molecule has 106 valence electrons. The summed E-state index contributed by atoms with van der Waals surface area (Å²) in [5.74, 6) is 4.54. The predicted octanol–water partition coefficient (Wildman–Crippen LogP) is 3.34. The first kappa shape index (κ1) is 12.5. The second-order valence-corrected chi connectivity index (χ2v) is 7.74. The molecule has 0 aromatic heterocycles. The topological polar surface area (TPSA) is 29.1 Å². The summed E-state index contributed by atoms with van der Waals surface area (Å²) < 4.78 is 0. The number of hydrogen-bond donors (Lipinski definition) is 1. The van der Waals surface area contributed by atoms with Gasteiger partial charge in [-0.2, -0.15) is 0 Å². The molecule has 4 unspecified atom stereocenters. The SMILES string of the molecule is O=C(NC1(CCl)CCCCC1)C1C2C3CCC(C3)C12. The molecule has 4 fully saturated rings. The van der Waals surface area contributed by atoms with Gasteiger partial charge in [-0.05, 0) is 55.8 Å². The van der Waals surface area contributed by atoms with Crippen LogP contribution in [0.25, 0.3) is 0 Å². The van der Waals surface area contributed by atoms with Crippen molar-refractivity contribution in [1.82, 2.24) is 5.32 Å². The van der Waals surface area contributed by atoms with Crippen LogP contribution in [0.2, 0.25) is 0 Å². The van der Waals surface area contributed by atoms with Gasteiger partial charge in [-0.15, -0.1) is 11.6 Å². The highest BCUT2D eigenvalue weighted by Crippen LogP contribution is 2.69. The Bertz CT molecular complexity index is 374. The zero-order valence-corrected chi connectivity index (χ0v) is 12.3. The van der Waals surface area contributed by atoms with Crippen LogP contribution in [0.3, 0.4) is 0 Å². The second kappa shape index (κ2) is 4.38. The van der Waals surface area contributed by atoms with E-state index in [1.54, 1.807) is 0 Å². The standard InChI is InChI=1S/C16H24ClNO/c17-9-16(6-2-1-3-7-16)18-15(19)14-12-10-4-5-11(8-10)13(12)14/h10-14H,1-9H2,(H,18,19). The van der Waals surface area contributed by atoms with E-state index < -0.39 is 0 Å². The number of carbonyl (C=O) groups excluding carboxylic acids is 1. The number of carbonyl (C=O) groups is 1. The Morgan fingerprint density at radius 3 is 2.32 bits per heavy atom. The van der Waals surface area contributed by atoms with Gasteiger partial charge in [0, 0.05) is 11.8 Å². The van der Waals surface area contributed by atoms with Gasteiger partial charge in [-0.1, -0.05) is 19.3 Å². The van der Waals surface area contributed by atoms with Crippen LogP contribution in [0.15, 0.2) is 0 Å². The van der Waals surface area contributed by atoms with Gasteiger partial charge in [0.05, 0.1) is 5.54 Å². The first-order chi connectivity index (χ1) is 9.24. The number of rotatable bonds is 3. The molecule has 0 aliphatic heterocycles. The molecule has 4 saturated carbocycles. The van der Waals surface area contributed by atoms with E-state index in [0.29, 0.717) is 17.7 Å². The lowest BCUT2D eigenvalue weighted by atomic mass is 9.83. The van der Waals surface area contributed by atoms with Gasteiger partial charge in [-0.25, -0.2) is 0 Å². The van der Waals surface area contributed by atoms with Crippen LogP contribution in [0, 0.1) is 29.6 Å². The smallest absolute Gasteiger partial charge is 0.224 e. The minimum Gasteiger partial charge on any atom is -0.349 e. The van der Waals surface area contributed by atoms with Crippen molar-refractivity contribution < 1.29 is 4.79 Å². The first-order valence-corrected chi connectivity index (χ1v) is 8.65. The second-order valence-electron chi connectivity index (χ2n) is 7.48. The van der Waals surface area contributed by atoms with Gasteiger partial charge in [-0.3, -0.25) is 4.79 Å². The lowest BCUT2D eigenvalue weighted by Gasteiger charge is -2.36. The van der Waals surface area contributed by atoms with E-state index >= 15 is 0 Å². The molecule has 4 aliphatic carbocycles. The lowest BCUT2D eigenvalue weighted by molar-refractivity contribution is -0.125. The van der Waals surface area contributed by atoms with E-state index in [1.165, 1.54) is 38.5 Å². The Hall–Kier alpha value is -0.240. The molecule has 1 N–H and O–H groups in total. The molecular formula is C16H24ClNO. The highest BCUT2D eigenvalue weighted by molar-refractivity contribution is 6.18. The van der Waals surface area contributed by atoms with E-state index in [9.17, 15) is 4.79 Å². The number of alkyl halides is 1. The molecule has 3 heteroatoms. The van der Waals surface area contributed by atoms with Gasteiger partial charge >= 0.3 is 0 Å². The van der Waals surface area contributed by atoms with Gasteiger partial charge < -0.3 is 5.32 Å². The number of nitrogens with one attached hydrogen (secondary N) is 1. The Kier molecular flexibility index (Phi) is 2.88. The van der Waals surface area contributed by atoms with E-state index in [2.05, 4.69) is 5.32 Å². The van der Waals surface area contributed by atoms with Crippen molar-refractivity contribution in [2.24, 2.45) is 29.6 Å². The average Bonchev–Trinajstić information content (AvgIpc) is 2.89. The minimum absolute atomic E-state index is 0.0766. The summed E-state index contributed by atoms with van der Waals surface area (Å²) in [4.78, 5) is 12.6. The highest BCUT2D eigenvalue weighted by atomic mass is 35.5. The fourth-order valence-corrected chi connectivity index (χ4v) is 5.87. The van der Waals surface area contributed by atoms with E-state index in [1.807, 2.05) is 0 Å². The van der Waals surface area contributed by atoms with E-state index in [0.717, 1.165) is 36.5 Å². The number of fused-ring (bicyclic) bond motifs is 5. The van der Waals surface area contributed by atoms with Crippen LogP contribution < -0.4 is 5.32 Å². The lowest BCUT2D eigenvalue weighted by Crippen LogP contribution is -2.52. The summed E-state index contributed by atoms with van der Waals surface area (Å²) in [5.41, 5.74) is -0.0766. The molecule has 0 radical (unpaired) electrons. The summed E-state index contributed by atoms with van der Waals surface area (Å²) in [6.45, 7) is 0. The van der Waals surface area contributed by atoms with Crippen molar-refractivity contribution in [1.29, 1.82) is 0 Å². The average molecular weight is 282 g/mol. The molecule has 4 aliphatic rings. The van der Waals surface area contributed by atoms with Crippen LogP contribution in [0.5, 0.6) is 0 Å². The molecule has 0 aromatic carbocycles. The molecular weight excluding hydrogens is 258 g/mol. The van der Waals surface area contributed by atoms with Crippen molar-refractivity contribution in [2.45, 2.75) is 56.9 Å². The molecule has 0 saturated heterocycles. The monoisotopic (exact) mass is 281 g/mol. The van der Waals surface area contributed by atoms with E-state index in [-0.39, 0.29) is 5.54 Å². The predicted molar refractivity (Wildman–Crippen MR) is 76.0 cm³/mol. The van der Waals surface area contributed by atoms with Gasteiger partial charge in [0.15, 0.2) is 0 Å². The Morgan fingerprint density at radius 2 is 1.74 bits per heavy atom. The maximum absolute atomic E-state index is 12.6. The minimum atomic E-state index is -0.0766. The maximum Gasteiger partial charge on any atom is 0.224 e. The largest absolute Gasteiger partial charge is 0.349 e. The normalized spacial score (nSPS) is 45.8. The zero-order chi connectivity index (χ0) is 13.0. The van der Waals surface area contributed by atoms with Crippen LogP contribution in [0.4, 0.5) is 0 Å². The van der Waals surface area contributed by atoms with Gasteiger partial charge in [0.25, 0.3) is 0 Å².